The van der Waals surface area contributed by atoms with Crippen LogP contribution in [0, 0.1) is 5.92 Å². The molecule has 1 saturated carbocycles. The molecule has 22 heavy (non-hydrogen) atoms. The molecule has 0 aromatic heterocycles. The van der Waals surface area contributed by atoms with Gasteiger partial charge in [0.1, 0.15) is 12.5 Å². The van der Waals surface area contributed by atoms with Crippen molar-refractivity contribution in [3.8, 4) is 0 Å². The van der Waals surface area contributed by atoms with Crippen LogP contribution in [-0.2, 0) is 4.79 Å². The van der Waals surface area contributed by atoms with Gasteiger partial charge in [-0.25, -0.2) is 0 Å². The number of hydrogen-bond acceptors (Lipinski definition) is 6. The molecule has 3 fully saturated rings. The number of carbonyl (C=O) groups excluding carboxylic acids is 1. The minimum atomic E-state index is -0.680. The molecule has 3 aliphatic rings. The van der Waals surface area contributed by atoms with Crippen LogP contribution in [0.3, 0.4) is 0 Å². The molecule has 3 unspecified atom stereocenters. The van der Waals surface area contributed by atoms with Crippen molar-refractivity contribution in [3.63, 3.8) is 0 Å². The molecule has 126 valence electrons. The summed E-state index contributed by atoms with van der Waals surface area (Å²) >= 11 is 3.94. The smallest absolute Gasteiger partial charge is 0.137 e. The van der Waals surface area contributed by atoms with Gasteiger partial charge in [-0.1, -0.05) is 19.3 Å². The van der Waals surface area contributed by atoms with Gasteiger partial charge in [0.2, 0.25) is 0 Å². The maximum atomic E-state index is 11.5. The van der Waals surface area contributed by atoms with E-state index in [-0.39, 0.29) is 16.2 Å². The van der Waals surface area contributed by atoms with E-state index in [1.165, 1.54) is 25.7 Å². The van der Waals surface area contributed by atoms with Crippen LogP contribution in [0.25, 0.3) is 0 Å². The first kappa shape index (κ1) is 17.1. The number of aliphatic hydroxyl groups is 1. The molecule has 0 radical (unpaired) electrons. The van der Waals surface area contributed by atoms with Crippen molar-refractivity contribution in [1.82, 2.24) is 4.90 Å². The van der Waals surface area contributed by atoms with Crippen molar-refractivity contribution >= 4 is 29.8 Å². The highest BCUT2D eigenvalue weighted by Crippen LogP contribution is 2.50. The monoisotopic (exact) mass is 344 g/mol. The fourth-order valence-corrected chi connectivity index (χ4v) is 7.52. The summed E-state index contributed by atoms with van der Waals surface area (Å²) in [6, 6.07) is -0.403. The third-order valence-electron chi connectivity index (χ3n) is 5.42. The highest BCUT2D eigenvalue weighted by atomic mass is 32.2. The Morgan fingerprint density at radius 2 is 1.86 bits per heavy atom. The quantitative estimate of drug-likeness (QED) is 0.761. The van der Waals surface area contributed by atoms with E-state index in [0.717, 1.165) is 43.6 Å². The van der Waals surface area contributed by atoms with Gasteiger partial charge in [0.25, 0.3) is 0 Å². The van der Waals surface area contributed by atoms with Crippen molar-refractivity contribution in [3.05, 3.63) is 0 Å². The van der Waals surface area contributed by atoms with E-state index >= 15 is 0 Å². The van der Waals surface area contributed by atoms with Crippen molar-refractivity contribution < 1.29 is 9.90 Å². The van der Waals surface area contributed by atoms with Gasteiger partial charge in [0, 0.05) is 12.6 Å². The molecule has 6 heteroatoms. The van der Waals surface area contributed by atoms with Crippen LogP contribution in [0.4, 0.5) is 0 Å². The average Bonchev–Trinajstić information content (AvgIpc) is 2.93. The lowest BCUT2D eigenvalue weighted by Gasteiger charge is -2.37. The Balaban J connectivity index is 1.67. The lowest BCUT2D eigenvalue weighted by atomic mass is 9.83. The van der Waals surface area contributed by atoms with Crippen LogP contribution in [0.5, 0.6) is 0 Å². The second-order valence-corrected chi connectivity index (χ2v) is 10.1. The molecular formula is C16H28N2O2S2. The molecule has 2 saturated heterocycles. The van der Waals surface area contributed by atoms with Gasteiger partial charge in [-0.15, -0.1) is 23.5 Å². The van der Waals surface area contributed by atoms with Crippen LogP contribution < -0.4 is 5.73 Å². The number of nitrogens with zero attached hydrogens (tertiary/aromatic N) is 1. The molecule has 0 aromatic carbocycles. The summed E-state index contributed by atoms with van der Waals surface area (Å²) in [5.41, 5.74) is 6.39. The molecule has 2 aliphatic heterocycles. The third kappa shape index (κ3) is 3.51. The van der Waals surface area contributed by atoms with Gasteiger partial charge in [0.05, 0.1) is 10.1 Å². The zero-order valence-electron chi connectivity index (χ0n) is 13.2. The fraction of sp³-hybridized carbons (Fsp3) is 0.938. The second kappa shape index (κ2) is 7.43. The van der Waals surface area contributed by atoms with Gasteiger partial charge in [0.15, 0.2) is 0 Å². The number of aliphatic hydroxyl groups excluding tert-OH is 1. The summed E-state index contributed by atoms with van der Waals surface area (Å²) in [4.78, 5) is 13.5. The first-order chi connectivity index (χ1) is 10.7. The predicted molar refractivity (Wildman–Crippen MR) is 94.0 cm³/mol. The Hall–Kier alpha value is 0.250. The zero-order valence-corrected chi connectivity index (χ0v) is 14.8. The van der Waals surface area contributed by atoms with E-state index < -0.39 is 6.23 Å². The molecule has 3 atom stereocenters. The van der Waals surface area contributed by atoms with Crippen LogP contribution in [-0.4, -0.2) is 56.7 Å². The summed E-state index contributed by atoms with van der Waals surface area (Å²) in [5.74, 6) is 2.73. The topological polar surface area (TPSA) is 66.6 Å². The average molecular weight is 345 g/mol. The Morgan fingerprint density at radius 3 is 2.50 bits per heavy atom. The predicted octanol–water partition coefficient (Wildman–Crippen LogP) is 2.05. The molecule has 4 nitrogen and oxygen atoms in total. The minimum absolute atomic E-state index is 0.0943. The maximum Gasteiger partial charge on any atom is 0.137 e. The SMILES string of the molecule is NC(C1CCCCC1)C(O)N1CC2(CC1C=O)SCCCS2. The van der Waals surface area contributed by atoms with Crippen molar-refractivity contribution in [2.45, 2.75) is 67.3 Å². The number of carbonyl (C=O) groups is 1. The standard InChI is InChI=1S/C16H28N2O2S2/c17-14(12-5-2-1-3-6-12)15(20)18-11-16(9-13(18)10-19)21-7-4-8-22-16/h10,12-15,20H,1-9,11,17H2. The first-order valence-electron chi connectivity index (χ1n) is 8.58. The van der Waals surface area contributed by atoms with E-state index in [9.17, 15) is 9.90 Å². The zero-order chi connectivity index (χ0) is 15.6. The van der Waals surface area contributed by atoms with E-state index in [1.807, 2.05) is 28.4 Å². The molecular weight excluding hydrogens is 316 g/mol. The van der Waals surface area contributed by atoms with Crippen LogP contribution in [0.2, 0.25) is 0 Å². The molecule has 2 heterocycles. The van der Waals surface area contributed by atoms with E-state index in [1.54, 1.807) is 0 Å². The highest BCUT2D eigenvalue weighted by molar-refractivity contribution is 8.18. The summed E-state index contributed by atoms with van der Waals surface area (Å²) in [7, 11) is 0. The van der Waals surface area contributed by atoms with Gasteiger partial charge in [-0.2, -0.15) is 0 Å². The van der Waals surface area contributed by atoms with Gasteiger partial charge >= 0.3 is 0 Å². The van der Waals surface area contributed by atoms with Crippen LogP contribution >= 0.6 is 23.5 Å². The van der Waals surface area contributed by atoms with Crippen molar-refractivity contribution in [1.29, 1.82) is 0 Å². The Bertz CT molecular complexity index is 384. The summed E-state index contributed by atoms with van der Waals surface area (Å²) < 4.78 is 0.0943. The number of likely N-dealkylation sites (tertiary alicyclic amines) is 1. The highest BCUT2D eigenvalue weighted by Gasteiger charge is 2.49. The molecule has 0 bridgehead atoms. The molecule has 3 rings (SSSR count). The first-order valence-corrected chi connectivity index (χ1v) is 10.5. The number of hydrogen-bond donors (Lipinski definition) is 2. The largest absolute Gasteiger partial charge is 0.377 e. The number of aldehydes is 1. The molecule has 1 spiro atoms. The molecule has 0 amide bonds. The van der Waals surface area contributed by atoms with E-state index in [4.69, 9.17) is 5.73 Å². The van der Waals surface area contributed by atoms with Gasteiger partial charge in [-0.3, -0.25) is 4.90 Å². The van der Waals surface area contributed by atoms with Gasteiger partial charge < -0.3 is 15.6 Å². The second-order valence-electron chi connectivity index (χ2n) is 6.93. The minimum Gasteiger partial charge on any atom is -0.377 e. The number of rotatable bonds is 4. The maximum absolute atomic E-state index is 11.5. The molecule has 0 aromatic rings. The van der Waals surface area contributed by atoms with E-state index in [0.29, 0.717) is 5.92 Å². The summed E-state index contributed by atoms with van der Waals surface area (Å²) in [6.45, 7) is 0.785. The summed E-state index contributed by atoms with van der Waals surface area (Å²) in [6.07, 6.45) is 8.39. The van der Waals surface area contributed by atoms with Crippen molar-refractivity contribution in [2.24, 2.45) is 11.7 Å². The number of thioether (sulfide) groups is 2. The summed E-state index contributed by atoms with van der Waals surface area (Å²) in [5, 5.41) is 10.8. The normalized spacial score (nSPS) is 32.9. The van der Waals surface area contributed by atoms with Crippen molar-refractivity contribution in [2.75, 3.05) is 18.1 Å². The number of nitrogens with two attached hydrogens (primary N) is 1. The van der Waals surface area contributed by atoms with Gasteiger partial charge in [-0.05, 0) is 43.1 Å². The Labute approximate surface area is 141 Å². The van der Waals surface area contributed by atoms with Crippen LogP contribution in [0.15, 0.2) is 0 Å². The van der Waals surface area contributed by atoms with Crippen LogP contribution in [0.1, 0.15) is 44.9 Å². The molecule has 3 N–H and O–H groups in total. The Morgan fingerprint density at radius 1 is 1.18 bits per heavy atom. The fourth-order valence-electron chi connectivity index (χ4n) is 4.12. The third-order valence-corrected chi connectivity index (χ3v) is 8.76. The Kier molecular flexibility index (Phi) is 5.77. The lowest BCUT2D eigenvalue weighted by Crippen LogP contribution is -2.54. The van der Waals surface area contributed by atoms with E-state index in [2.05, 4.69) is 0 Å². The molecule has 1 aliphatic carbocycles. The lowest BCUT2D eigenvalue weighted by molar-refractivity contribution is -0.116.